The van der Waals surface area contributed by atoms with Crippen LogP contribution in [0.3, 0.4) is 0 Å². The van der Waals surface area contributed by atoms with E-state index < -0.39 is 0 Å². The number of hydrogen-bond donors (Lipinski definition) is 1. The molecule has 3 atom stereocenters. The topological polar surface area (TPSA) is 15.3 Å². The Kier molecular flexibility index (Phi) is 3.53. The van der Waals surface area contributed by atoms with Crippen molar-refractivity contribution in [1.82, 2.24) is 10.2 Å². The molecule has 0 saturated carbocycles. The molecule has 0 aromatic heterocycles. The lowest BCUT2D eigenvalue weighted by atomic mass is 10.0. The van der Waals surface area contributed by atoms with Crippen LogP contribution in [0.1, 0.15) is 20.8 Å². The van der Waals surface area contributed by atoms with E-state index in [1.54, 1.807) is 0 Å². The molecule has 1 fully saturated rings. The van der Waals surface area contributed by atoms with Crippen molar-refractivity contribution in [2.24, 2.45) is 11.8 Å². The lowest BCUT2D eigenvalue weighted by molar-refractivity contribution is 0.293. The Morgan fingerprint density at radius 1 is 1.33 bits per heavy atom. The van der Waals surface area contributed by atoms with Gasteiger partial charge in [-0.25, -0.2) is 0 Å². The number of nitrogens with zero attached hydrogens (tertiary/aromatic N) is 1. The van der Waals surface area contributed by atoms with Crippen molar-refractivity contribution in [3.8, 4) is 0 Å². The van der Waals surface area contributed by atoms with Crippen molar-refractivity contribution in [2.75, 3.05) is 26.7 Å². The summed E-state index contributed by atoms with van der Waals surface area (Å²) in [6, 6.07) is 0.627. The molecule has 1 aliphatic heterocycles. The number of likely N-dealkylation sites (N-methyl/N-ethyl adjacent to an activating group) is 1. The molecule has 0 radical (unpaired) electrons. The molecule has 1 saturated heterocycles. The second kappa shape index (κ2) is 4.24. The van der Waals surface area contributed by atoms with Gasteiger partial charge in [-0.3, -0.25) is 0 Å². The second-order valence-electron chi connectivity index (χ2n) is 4.36. The monoisotopic (exact) mass is 170 g/mol. The molecule has 1 heterocycles. The fourth-order valence-electron chi connectivity index (χ4n) is 1.88. The highest BCUT2D eigenvalue weighted by atomic mass is 15.2. The molecule has 0 bridgehead atoms. The fourth-order valence-corrected chi connectivity index (χ4v) is 1.88. The van der Waals surface area contributed by atoms with Crippen LogP contribution in [0.5, 0.6) is 0 Å². The number of rotatable bonds is 3. The van der Waals surface area contributed by atoms with Crippen LogP contribution < -0.4 is 5.32 Å². The molecule has 1 aliphatic rings. The molecule has 2 nitrogen and oxygen atoms in total. The van der Waals surface area contributed by atoms with Crippen LogP contribution >= 0.6 is 0 Å². The Labute approximate surface area is 76.3 Å². The van der Waals surface area contributed by atoms with E-state index in [0.29, 0.717) is 6.04 Å². The van der Waals surface area contributed by atoms with Gasteiger partial charge in [0, 0.05) is 25.7 Å². The van der Waals surface area contributed by atoms with Crippen molar-refractivity contribution in [3.63, 3.8) is 0 Å². The van der Waals surface area contributed by atoms with E-state index in [9.17, 15) is 0 Å². The first-order valence-corrected chi connectivity index (χ1v) is 5.03. The van der Waals surface area contributed by atoms with Gasteiger partial charge >= 0.3 is 0 Å². The molecule has 1 N–H and O–H groups in total. The van der Waals surface area contributed by atoms with Crippen LogP contribution in [0.25, 0.3) is 0 Å². The second-order valence-corrected chi connectivity index (χ2v) is 4.36. The smallest absolute Gasteiger partial charge is 0.0163 e. The van der Waals surface area contributed by atoms with Gasteiger partial charge in [-0.05, 0) is 25.8 Å². The normalized spacial score (nSPS) is 34.0. The van der Waals surface area contributed by atoms with Gasteiger partial charge in [0.25, 0.3) is 0 Å². The molecule has 72 valence electrons. The largest absolute Gasteiger partial charge is 0.316 e. The van der Waals surface area contributed by atoms with Gasteiger partial charge in [-0.15, -0.1) is 0 Å². The molecule has 0 amide bonds. The molecule has 0 aromatic rings. The predicted octanol–water partition coefficient (Wildman–Crippen LogP) is 1.18. The highest BCUT2D eigenvalue weighted by molar-refractivity contribution is 4.80. The maximum Gasteiger partial charge on any atom is 0.0163 e. The summed E-state index contributed by atoms with van der Waals surface area (Å²) in [5.74, 6) is 1.77. The predicted molar refractivity (Wildman–Crippen MR) is 53.3 cm³/mol. The minimum absolute atomic E-state index is 0.627. The summed E-state index contributed by atoms with van der Waals surface area (Å²) in [5, 5.41) is 3.28. The summed E-state index contributed by atoms with van der Waals surface area (Å²) in [6.07, 6.45) is 0. The first-order valence-electron chi connectivity index (χ1n) is 5.03. The Bertz CT molecular complexity index is 126. The van der Waals surface area contributed by atoms with Gasteiger partial charge < -0.3 is 10.2 Å². The van der Waals surface area contributed by atoms with Gasteiger partial charge in [-0.2, -0.15) is 0 Å². The molecular weight excluding hydrogens is 148 g/mol. The summed E-state index contributed by atoms with van der Waals surface area (Å²) in [5.41, 5.74) is 0. The van der Waals surface area contributed by atoms with E-state index in [1.165, 1.54) is 19.6 Å². The summed E-state index contributed by atoms with van der Waals surface area (Å²) >= 11 is 0. The molecule has 0 aliphatic carbocycles. The van der Waals surface area contributed by atoms with Crippen molar-refractivity contribution in [1.29, 1.82) is 0 Å². The number of hydrogen-bond acceptors (Lipinski definition) is 2. The Morgan fingerprint density at radius 2 is 1.83 bits per heavy atom. The number of likely N-dealkylation sites (tertiary alicyclic amines) is 1. The van der Waals surface area contributed by atoms with Crippen molar-refractivity contribution in [3.05, 3.63) is 0 Å². The quantitative estimate of drug-likeness (QED) is 0.684. The van der Waals surface area contributed by atoms with E-state index in [2.05, 4.69) is 31.0 Å². The lowest BCUT2D eigenvalue weighted by Gasteiger charge is -2.19. The van der Waals surface area contributed by atoms with Crippen LogP contribution in [0.2, 0.25) is 0 Å². The van der Waals surface area contributed by atoms with Gasteiger partial charge in [0.05, 0.1) is 0 Å². The Hall–Kier alpha value is -0.0800. The van der Waals surface area contributed by atoms with E-state index in [4.69, 9.17) is 0 Å². The summed E-state index contributed by atoms with van der Waals surface area (Å²) in [6.45, 7) is 10.7. The van der Waals surface area contributed by atoms with Crippen LogP contribution in [-0.4, -0.2) is 37.6 Å². The first-order chi connectivity index (χ1) is 5.63. The van der Waals surface area contributed by atoms with Crippen molar-refractivity contribution >= 4 is 0 Å². The zero-order valence-corrected chi connectivity index (χ0v) is 8.80. The number of nitrogens with one attached hydrogen (secondary N) is 1. The van der Waals surface area contributed by atoms with E-state index in [0.717, 1.165) is 11.8 Å². The third-order valence-corrected chi connectivity index (χ3v) is 3.09. The van der Waals surface area contributed by atoms with E-state index >= 15 is 0 Å². The molecular formula is C10H22N2. The van der Waals surface area contributed by atoms with Gasteiger partial charge in [0.1, 0.15) is 0 Å². The zero-order valence-electron chi connectivity index (χ0n) is 8.80. The van der Waals surface area contributed by atoms with Crippen molar-refractivity contribution < 1.29 is 0 Å². The molecule has 1 rings (SSSR count). The van der Waals surface area contributed by atoms with Crippen LogP contribution in [0.4, 0.5) is 0 Å². The van der Waals surface area contributed by atoms with E-state index in [1.807, 2.05) is 7.05 Å². The van der Waals surface area contributed by atoms with Crippen LogP contribution in [0.15, 0.2) is 0 Å². The van der Waals surface area contributed by atoms with Gasteiger partial charge in [0.2, 0.25) is 0 Å². The highest BCUT2D eigenvalue weighted by Crippen LogP contribution is 2.21. The fraction of sp³-hybridized carbons (Fsp3) is 1.00. The molecule has 12 heavy (non-hydrogen) atoms. The third-order valence-electron chi connectivity index (χ3n) is 3.09. The maximum absolute atomic E-state index is 3.28. The molecule has 3 unspecified atom stereocenters. The highest BCUT2D eigenvalue weighted by Gasteiger charge is 2.26. The maximum atomic E-state index is 3.28. The van der Waals surface area contributed by atoms with Gasteiger partial charge in [0.15, 0.2) is 0 Å². The average molecular weight is 170 g/mol. The lowest BCUT2D eigenvalue weighted by Crippen LogP contribution is -2.36. The van der Waals surface area contributed by atoms with Crippen molar-refractivity contribution in [2.45, 2.75) is 26.8 Å². The van der Waals surface area contributed by atoms with Crippen LogP contribution in [0, 0.1) is 11.8 Å². The van der Waals surface area contributed by atoms with Crippen LogP contribution in [-0.2, 0) is 0 Å². The first kappa shape index (κ1) is 10.0. The molecule has 2 heteroatoms. The zero-order chi connectivity index (χ0) is 9.14. The van der Waals surface area contributed by atoms with Gasteiger partial charge in [-0.1, -0.05) is 13.8 Å². The summed E-state index contributed by atoms with van der Waals surface area (Å²) in [7, 11) is 2.04. The Balaban J connectivity index is 2.27. The SMILES string of the molecule is CNC(C)CN1CC(C)C(C)C1. The Morgan fingerprint density at radius 3 is 2.25 bits per heavy atom. The minimum atomic E-state index is 0.627. The average Bonchev–Trinajstić information content (AvgIpc) is 2.31. The standard InChI is InChI=1S/C10H22N2/c1-8-5-12(6-9(8)2)7-10(3)11-4/h8-11H,5-7H2,1-4H3. The minimum Gasteiger partial charge on any atom is -0.316 e. The summed E-state index contributed by atoms with van der Waals surface area (Å²) < 4.78 is 0. The molecule has 0 spiro atoms. The molecule has 0 aromatic carbocycles. The van der Waals surface area contributed by atoms with E-state index in [-0.39, 0.29) is 0 Å². The third kappa shape index (κ3) is 2.46. The summed E-state index contributed by atoms with van der Waals surface area (Å²) in [4.78, 5) is 2.57.